The van der Waals surface area contributed by atoms with E-state index in [1.807, 2.05) is 73.0 Å². The van der Waals surface area contributed by atoms with Gasteiger partial charge in [-0.25, -0.2) is 5.43 Å². The largest absolute Gasteiger partial charge is 0.302 e. The quantitative estimate of drug-likeness (QED) is 0.312. The number of hydrazone groups is 1. The highest BCUT2D eigenvalue weighted by atomic mass is 35.5. The molecule has 0 atom stereocenters. The fraction of sp³-hybridized carbons (Fsp3) is 0.182. The van der Waals surface area contributed by atoms with Gasteiger partial charge in [0.25, 0.3) is 5.91 Å². The number of rotatable bonds is 8. The number of halogens is 1. The van der Waals surface area contributed by atoms with Gasteiger partial charge in [0.15, 0.2) is 11.0 Å². The number of carbonyl (C=O) groups is 1. The van der Waals surface area contributed by atoms with Crippen LogP contribution in [0.15, 0.2) is 69.9 Å². The number of amides is 1. The highest BCUT2D eigenvalue weighted by Gasteiger charge is 2.14. The van der Waals surface area contributed by atoms with Crippen molar-refractivity contribution < 1.29 is 4.79 Å². The maximum absolute atomic E-state index is 12.1. The predicted octanol–water partition coefficient (Wildman–Crippen LogP) is 4.75. The van der Waals surface area contributed by atoms with Crippen molar-refractivity contribution in [2.45, 2.75) is 25.5 Å². The van der Waals surface area contributed by atoms with E-state index in [4.69, 9.17) is 11.6 Å². The van der Waals surface area contributed by atoms with E-state index in [0.717, 1.165) is 17.0 Å². The Morgan fingerprint density at radius 1 is 1.17 bits per heavy atom. The Kier molecular flexibility index (Phi) is 7.82. The summed E-state index contributed by atoms with van der Waals surface area (Å²) in [5, 5.41) is 13.5. The first kappa shape index (κ1) is 21.8. The van der Waals surface area contributed by atoms with Gasteiger partial charge in [-0.15, -0.1) is 10.2 Å². The van der Waals surface area contributed by atoms with Crippen LogP contribution in [0.25, 0.3) is 17.5 Å². The smallest absolute Gasteiger partial charge is 0.250 e. The maximum atomic E-state index is 12.1. The number of thioether (sulfide) groups is 1. The van der Waals surface area contributed by atoms with E-state index < -0.39 is 0 Å². The van der Waals surface area contributed by atoms with E-state index in [0.29, 0.717) is 16.7 Å². The third-order valence-corrected chi connectivity index (χ3v) is 5.33. The van der Waals surface area contributed by atoms with Crippen molar-refractivity contribution in [2.24, 2.45) is 5.10 Å². The molecule has 30 heavy (non-hydrogen) atoms. The van der Waals surface area contributed by atoms with E-state index in [-0.39, 0.29) is 11.7 Å². The van der Waals surface area contributed by atoms with Gasteiger partial charge in [0, 0.05) is 12.1 Å². The minimum absolute atomic E-state index is 0.170. The molecule has 1 N–H and O–H groups in total. The maximum Gasteiger partial charge on any atom is 0.250 e. The summed E-state index contributed by atoms with van der Waals surface area (Å²) >= 11 is 7.43. The monoisotopic (exact) mass is 439 g/mol. The van der Waals surface area contributed by atoms with Gasteiger partial charge >= 0.3 is 0 Å². The van der Waals surface area contributed by atoms with Gasteiger partial charge in [-0.2, -0.15) is 5.10 Å². The van der Waals surface area contributed by atoms with Crippen molar-refractivity contribution in [1.82, 2.24) is 20.2 Å². The molecule has 0 spiro atoms. The fourth-order valence-electron chi connectivity index (χ4n) is 2.67. The number of allylic oxidation sites excluding steroid dienone is 1. The van der Waals surface area contributed by atoms with E-state index in [2.05, 4.69) is 20.7 Å². The molecular formula is C22H22ClN5OS. The first-order valence-electron chi connectivity index (χ1n) is 9.44. The van der Waals surface area contributed by atoms with Crippen LogP contribution in [0.1, 0.15) is 18.1 Å². The molecule has 1 heterocycles. The van der Waals surface area contributed by atoms with Crippen LogP contribution in [0.5, 0.6) is 0 Å². The Morgan fingerprint density at radius 2 is 1.90 bits per heavy atom. The molecular weight excluding hydrogens is 418 g/mol. The molecule has 0 aliphatic carbocycles. The molecule has 0 saturated heterocycles. The SMILES string of the molecule is CCn1c(SCC(=O)NN=CC(Cl)=Cc2ccccc2)nnc1-c1ccc(C)cc1. The summed E-state index contributed by atoms with van der Waals surface area (Å²) in [4.78, 5) is 12.1. The van der Waals surface area contributed by atoms with Crippen LogP contribution in [0.3, 0.4) is 0 Å². The molecule has 2 aromatic carbocycles. The second kappa shape index (κ2) is 10.8. The van der Waals surface area contributed by atoms with Gasteiger partial charge in [0.1, 0.15) is 0 Å². The van der Waals surface area contributed by atoms with Crippen molar-refractivity contribution in [3.05, 3.63) is 70.8 Å². The van der Waals surface area contributed by atoms with Crippen molar-refractivity contribution in [1.29, 1.82) is 0 Å². The summed E-state index contributed by atoms with van der Waals surface area (Å²) in [5.74, 6) is 0.711. The van der Waals surface area contributed by atoms with Crippen LogP contribution in [0, 0.1) is 6.92 Å². The zero-order chi connectivity index (χ0) is 21.3. The number of aryl methyl sites for hydroxylation is 1. The number of aromatic nitrogens is 3. The molecule has 3 aromatic rings. The highest BCUT2D eigenvalue weighted by Crippen LogP contribution is 2.24. The molecule has 1 aromatic heterocycles. The molecule has 0 radical (unpaired) electrons. The van der Waals surface area contributed by atoms with Gasteiger partial charge in [-0.1, -0.05) is 83.5 Å². The third kappa shape index (κ3) is 6.05. The normalized spacial score (nSPS) is 11.8. The first-order valence-corrected chi connectivity index (χ1v) is 10.8. The van der Waals surface area contributed by atoms with Crippen LogP contribution >= 0.6 is 23.4 Å². The molecule has 8 heteroatoms. The van der Waals surface area contributed by atoms with Gasteiger partial charge in [0.05, 0.1) is 17.0 Å². The number of hydrogen-bond acceptors (Lipinski definition) is 5. The first-order chi connectivity index (χ1) is 14.6. The summed E-state index contributed by atoms with van der Waals surface area (Å²) in [6, 6.07) is 17.8. The molecule has 1 amide bonds. The minimum atomic E-state index is -0.247. The Hall–Kier alpha value is -2.90. The van der Waals surface area contributed by atoms with Gasteiger partial charge in [-0.3, -0.25) is 4.79 Å². The van der Waals surface area contributed by atoms with Crippen LogP contribution in [0.4, 0.5) is 0 Å². The summed E-state index contributed by atoms with van der Waals surface area (Å²) in [7, 11) is 0. The number of carbonyl (C=O) groups excluding carboxylic acids is 1. The number of nitrogens with zero attached hydrogens (tertiary/aromatic N) is 4. The van der Waals surface area contributed by atoms with Crippen LogP contribution in [-0.2, 0) is 11.3 Å². The number of nitrogens with one attached hydrogen (secondary N) is 1. The molecule has 0 aliphatic rings. The highest BCUT2D eigenvalue weighted by molar-refractivity contribution is 7.99. The van der Waals surface area contributed by atoms with Crippen molar-refractivity contribution in [3.8, 4) is 11.4 Å². The van der Waals surface area contributed by atoms with E-state index in [9.17, 15) is 4.79 Å². The second-order valence-electron chi connectivity index (χ2n) is 6.44. The zero-order valence-electron chi connectivity index (χ0n) is 16.7. The summed E-state index contributed by atoms with van der Waals surface area (Å²) in [6.45, 7) is 4.77. The molecule has 0 unspecified atom stereocenters. The summed E-state index contributed by atoms with van der Waals surface area (Å²) in [6.07, 6.45) is 3.17. The topological polar surface area (TPSA) is 72.2 Å². The van der Waals surface area contributed by atoms with E-state index in [1.54, 1.807) is 6.08 Å². The Bertz CT molecular complexity index is 1050. The lowest BCUT2D eigenvalue weighted by atomic mass is 10.1. The molecule has 6 nitrogen and oxygen atoms in total. The average Bonchev–Trinajstić information content (AvgIpc) is 3.16. The van der Waals surface area contributed by atoms with Crippen LogP contribution < -0.4 is 5.43 Å². The minimum Gasteiger partial charge on any atom is -0.302 e. The summed E-state index contributed by atoms with van der Waals surface area (Å²) in [5.41, 5.74) is 5.62. The Balaban J connectivity index is 1.56. The van der Waals surface area contributed by atoms with Crippen LogP contribution in [0.2, 0.25) is 0 Å². The molecule has 3 rings (SSSR count). The standard InChI is InChI=1S/C22H22ClN5OS/c1-3-28-21(18-11-9-16(2)10-12-18)26-27-22(28)30-15-20(29)25-24-14-19(23)13-17-7-5-4-6-8-17/h4-14H,3,15H2,1-2H3,(H,25,29). The van der Waals surface area contributed by atoms with Crippen molar-refractivity contribution >= 4 is 41.6 Å². The molecule has 0 saturated carbocycles. The molecule has 0 fully saturated rings. The third-order valence-electron chi connectivity index (χ3n) is 4.16. The van der Waals surface area contributed by atoms with Gasteiger partial charge in [0.2, 0.25) is 0 Å². The van der Waals surface area contributed by atoms with E-state index >= 15 is 0 Å². The number of benzene rings is 2. The molecule has 0 aliphatic heterocycles. The fourth-order valence-corrected chi connectivity index (χ4v) is 3.64. The lowest BCUT2D eigenvalue weighted by molar-refractivity contribution is -0.118. The molecule has 154 valence electrons. The Morgan fingerprint density at radius 3 is 2.60 bits per heavy atom. The zero-order valence-corrected chi connectivity index (χ0v) is 18.3. The van der Waals surface area contributed by atoms with Gasteiger partial charge in [-0.05, 0) is 25.5 Å². The second-order valence-corrected chi connectivity index (χ2v) is 7.82. The average molecular weight is 440 g/mol. The van der Waals surface area contributed by atoms with Gasteiger partial charge < -0.3 is 4.57 Å². The lowest BCUT2D eigenvalue weighted by Crippen LogP contribution is -2.19. The predicted molar refractivity (Wildman–Crippen MR) is 123 cm³/mol. The van der Waals surface area contributed by atoms with Crippen LogP contribution in [-0.4, -0.2) is 32.6 Å². The van der Waals surface area contributed by atoms with E-state index in [1.165, 1.54) is 23.5 Å². The van der Waals surface area contributed by atoms with Crippen molar-refractivity contribution in [2.75, 3.05) is 5.75 Å². The summed E-state index contributed by atoms with van der Waals surface area (Å²) < 4.78 is 1.99. The van der Waals surface area contributed by atoms with Crippen molar-refractivity contribution in [3.63, 3.8) is 0 Å². The number of hydrogen-bond donors (Lipinski definition) is 1. The molecule has 0 bridgehead atoms. The Labute approximate surface area is 185 Å². The lowest BCUT2D eigenvalue weighted by Gasteiger charge is -2.07.